The van der Waals surface area contributed by atoms with Crippen molar-refractivity contribution in [2.45, 2.75) is 64.9 Å². The summed E-state index contributed by atoms with van der Waals surface area (Å²) in [6.45, 7) is 9.34. The third-order valence-electron chi connectivity index (χ3n) is 4.63. The van der Waals surface area contributed by atoms with Crippen LogP contribution < -0.4 is 5.32 Å². The van der Waals surface area contributed by atoms with E-state index in [1.807, 2.05) is 20.8 Å². The molecule has 1 saturated heterocycles. The van der Waals surface area contributed by atoms with Gasteiger partial charge in [0.15, 0.2) is 11.5 Å². The lowest BCUT2D eigenvalue weighted by molar-refractivity contribution is -0.164. The number of amides is 1. The van der Waals surface area contributed by atoms with Crippen LogP contribution in [0.1, 0.15) is 55.9 Å². The van der Waals surface area contributed by atoms with Gasteiger partial charge in [-0.2, -0.15) is 5.10 Å². The zero-order valence-electron chi connectivity index (χ0n) is 17.0. The number of nitrogens with one attached hydrogen (secondary N) is 1. The Labute approximate surface area is 164 Å². The molecular weight excluding hydrogens is 366 g/mol. The van der Waals surface area contributed by atoms with Gasteiger partial charge in [0.1, 0.15) is 5.60 Å². The van der Waals surface area contributed by atoms with E-state index in [0.29, 0.717) is 51.3 Å². The standard InChI is InChI=1S/C19H29N3O6/c1-5-25-16(23)15-13-12-19(26-10-11-27-19)7-6-14(13)22(21-15)9-8-20-17(24)28-18(2,3)4/h5-12H2,1-4H3,(H,20,24). The Balaban J connectivity index is 1.73. The Morgan fingerprint density at radius 3 is 2.64 bits per heavy atom. The number of carbonyl (C=O) groups is 2. The summed E-state index contributed by atoms with van der Waals surface area (Å²) < 4.78 is 23.8. The van der Waals surface area contributed by atoms with Gasteiger partial charge in [-0.3, -0.25) is 4.68 Å². The minimum atomic E-state index is -0.670. The van der Waals surface area contributed by atoms with Crippen LogP contribution in [0.2, 0.25) is 0 Å². The fourth-order valence-electron chi connectivity index (χ4n) is 3.54. The summed E-state index contributed by atoms with van der Waals surface area (Å²) in [5, 5.41) is 7.19. The maximum absolute atomic E-state index is 12.4. The highest BCUT2D eigenvalue weighted by atomic mass is 16.7. The molecule has 0 saturated carbocycles. The lowest BCUT2D eigenvalue weighted by atomic mass is 9.90. The van der Waals surface area contributed by atoms with E-state index in [9.17, 15) is 9.59 Å². The highest BCUT2D eigenvalue weighted by Gasteiger charge is 2.43. The fraction of sp³-hybridized carbons (Fsp3) is 0.737. The Morgan fingerprint density at radius 1 is 1.29 bits per heavy atom. The summed E-state index contributed by atoms with van der Waals surface area (Å²) in [6, 6.07) is 0. The lowest BCUT2D eigenvalue weighted by Gasteiger charge is -2.31. The number of hydrogen-bond acceptors (Lipinski definition) is 7. The van der Waals surface area contributed by atoms with Gasteiger partial charge in [-0.05, 0) is 34.1 Å². The Kier molecular flexibility index (Phi) is 5.95. The van der Waals surface area contributed by atoms with Crippen molar-refractivity contribution < 1.29 is 28.5 Å². The highest BCUT2D eigenvalue weighted by molar-refractivity contribution is 5.89. The number of esters is 1. The van der Waals surface area contributed by atoms with Crippen LogP contribution in [0, 0.1) is 0 Å². The quantitative estimate of drug-likeness (QED) is 0.759. The van der Waals surface area contributed by atoms with E-state index in [2.05, 4.69) is 10.4 Å². The molecule has 156 valence electrons. The van der Waals surface area contributed by atoms with Gasteiger partial charge in [-0.15, -0.1) is 0 Å². The first-order chi connectivity index (χ1) is 13.2. The summed E-state index contributed by atoms with van der Waals surface area (Å²) >= 11 is 0. The molecule has 0 unspecified atom stereocenters. The molecule has 28 heavy (non-hydrogen) atoms. The van der Waals surface area contributed by atoms with Gasteiger partial charge < -0.3 is 24.3 Å². The average Bonchev–Trinajstić information content (AvgIpc) is 3.19. The van der Waals surface area contributed by atoms with E-state index in [1.54, 1.807) is 11.6 Å². The average molecular weight is 395 g/mol. The van der Waals surface area contributed by atoms with E-state index in [0.717, 1.165) is 11.3 Å². The largest absolute Gasteiger partial charge is 0.461 e. The number of rotatable bonds is 5. The van der Waals surface area contributed by atoms with Crippen LogP contribution in [0.25, 0.3) is 0 Å². The first-order valence-electron chi connectivity index (χ1n) is 9.73. The normalized spacial score (nSPS) is 18.0. The molecule has 1 aromatic rings. The van der Waals surface area contributed by atoms with Gasteiger partial charge in [0, 0.05) is 30.6 Å². The van der Waals surface area contributed by atoms with Gasteiger partial charge in [-0.1, -0.05) is 0 Å². The van der Waals surface area contributed by atoms with Gasteiger partial charge in [0.25, 0.3) is 0 Å². The topological polar surface area (TPSA) is 101 Å². The minimum absolute atomic E-state index is 0.277. The molecule has 2 heterocycles. The maximum atomic E-state index is 12.4. The van der Waals surface area contributed by atoms with Crippen molar-refractivity contribution in [1.82, 2.24) is 15.1 Å². The zero-order chi connectivity index (χ0) is 20.4. The third kappa shape index (κ3) is 4.64. The van der Waals surface area contributed by atoms with Crippen molar-refractivity contribution in [2.24, 2.45) is 0 Å². The molecule has 2 aliphatic rings. The number of carbonyl (C=O) groups excluding carboxylic acids is 2. The number of nitrogens with zero attached hydrogens (tertiary/aromatic N) is 2. The van der Waals surface area contributed by atoms with Gasteiger partial charge in [0.05, 0.1) is 26.4 Å². The molecule has 9 nitrogen and oxygen atoms in total. The highest BCUT2D eigenvalue weighted by Crippen LogP contribution is 2.37. The Morgan fingerprint density at radius 2 is 2.00 bits per heavy atom. The maximum Gasteiger partial charge on any atom is 0.407 e. The second-order valence-electron chi connectivity index (χ2n) is 7.93. The second-order valence-corrected chi connectivity index (χ2v) is 7.93. The van der Waals surface area contributed by atoms with Crippen molar-refractivity contribution in [3.05, 3.63) is 17.0 Å². The smallest absolute Gasteiger partial charge is 0.407 e. The predicted molar refractivity (Wildman–Crippen MR) is 99.1 cm³/mol. The van der Waals surface area contributed by atoms with Crippen LogP contribution >= 0.6 is 0 Å². The van der Waals surface area contributed by atoms with Crippen LogP contribution in [0.4, 0.5) is 4.79 Å². The number of fused-ring (bicyclic) bond motifs is 1. The lowest BCUT2D eigenvalue weighted by Crippen LogP contribution is -2.38. The Hall–Kier alpha value is -2.13. The summed E-state index contributed by atoms with van der Waals surface area (Å²) in [4.78, 5) is 24.2. The molecule has 1 aliphatic heterocycles. The molecule has 1 spiro atoms. The van der Waals surface area contributed by atoms with Crippen LogP contribution in [-0.4, -0.2) is 59.6 Å². The molecule has 0 radical (unpaired) electrons. The summed E-state index contributed by atoms with van der Waals surface area (Å²) in [6.07, 6.45) is 1.36. The van der Waals surface area contributed by atoms with Crippen molar-refractivity contribution in [1.29, 1.82) is 0 Å². The molecular formula is C19H29N3O6. The molecule has 1 aliphatic carbocycles. The minimum Gasteiger partial charge on any atom is -0.461 e. The molecule has 1 aromatic heterocycles. The van der Waals surface area contributed by atoms with E-state index in [4.69, 9.17) is 18.9 Å². The van der Waals surface area contributed by atoms with Crippen LogP contribution in [-0.2, 0) is 38.3 Å². The molecule has 3 rings (SSSR count). The number of alkyl carbamates (subject to hydrolysis) is 1. The van der Waals surface area contributed by atoms with E-state index >= 15 is 0 Å². The fourth-order valence-corrected chi connectivity index (χ4v) is 3.54. The zero-order valence-corrected chi connectivity index (χ0v) is 17.0. The first kappa shape index (κ1) is 20.6. The second kappa shape index (κ2) is 8.08. The molecule has 9 heteroatoms. The van der Waals surface area contributed by atoms with Gasteiger partial charge in [-0.25, -0.2) is 9.59 Å². The van der Waals surface area contributed by atoms with Gasteiger partial charge >= 0.3 is 12.1 Å². The predicted octanol–water partition coefficient (Wildman–Crippen LogP) is 1.82. The van der Waals surface area contributed by atoms with Crippen molar-refractivity contribution >= 4 is 12.1 Å². The molecule has 0 atom stereocenters. The van der Waals surface area contributed by atoms with E-state index in [-0.39, 0.29) is 6.61 Å². The summed E-state index contributed by atoms with van der Waals surface area (Å²) in [5.41, 5.74) is 1.51. The molecule has 0 bridgehead atoms. The summed E-state index contributed by atoms with van der Waals surface area (Å²) in [7, 11) is 0. The van der Waals surface area contributed by atoms with Gasteiger partial charge in [0.2, 0.25) is 0 Å². The Bertz CT molecular complexity index is 731. The monoisotopic (exact) mass is 395 g/mol. The van der Waals surface area contributed by atoms with Crippen LogP contribution in [0.5, 0.6) is 0 Å². The first-order valence-corrected chi connectivity index (χ1v) is 9.73. The van der Waals surface area contributed by atoms with Crippen molar-refractivity contribution in [3.63, 3.8) is 0 Å². The van der Waals surface area contributed by atoms with E-state index < -0.39 is 23.5 Å². The van der Waals surface area contributed by atoms with E-state index in [1.165, 1.54) is 0 Å². The molecule has 1 fully saturated rings. The molecule has 1 N–H and O–H groups in total. The third-order valence-corrected chi connectivity index (χ3v) is 4.63. The molecule has 1 amide bonds. The van der Waals surface area contributed by atoms with Crippen LogP contribution in [0.15, 0.2) is 0 Å². The number of aromatic nitrogens is 2. The number of hydrogen-bond donors (Lipinski definition) is 1. The number of ether oxygens (including phenoxy) is 4. The van der Waals surface area contributed by atoms with Crippen molar-refractivity contribution in [2.75, 3.05) is 26.4 Å². The van der Waals surface area contributed by atoms with Crippen LogP contribution in [0.3, 0.4) is 0 Å². The SMILES string of the molecule is CCOC(=O)c1nn(CCNC(=O)OC(C)(C)C)c2c1CC1(CC2)OCCO1. The molecule has 0 aromatic carbocycles. The van der Waals surface area contributed by atoms with Crippen molar-refractivity contribution in [3.8, 4) is 0 Å². The summed E-state index contributed by atoms with van der Waals surface area (Å²) in [5.74, 6) is -1.12.